The summed E-state index contributed by atoms with van der Waals surface area (Å²) in [6.07, 6.45) is 0.226. The van der Waals surface area contributed by atoms with E-state index in [1.54, 1.807) is 43.5 Å². The second-order valence-electron chi connectivity index (χ2n) is 6.10. The van der Waals surface area contributed by atoms with Crippen LogP contribution >= 0.6 is 0 Å². The first-order valence-electron chi connectivity index (χ1n) is 8.78. The van der Waals surface area contributed by atoms with Gasteiger partial charge in [0.05, 0.1) is 13.5 Å². The summed E-state index contributed by atoms with van der Waals surface area (Å²) in [6, 6.07) is 23.2. The number of para-hydroxylation sites is 1. The third-order valence-electron chi connectivity index (χ3n) is 3.93. The van der Waals surface area contributed by atoms with Gasteiger partial charge in [-0.2, -0.15) is 0 Å². The number of carbonyl (C=O) groups is 2. The average molecular weight is 375 g/mol. The van der Waals surface area contributed by atoms with Crippen LogP contribution < -0.4 is 20.7 Å². The molecule has 0 saturated heterocycles. The van der Waals surface area contributed by atoms with Crippen LogP contribution in [-0.4, -0.2) is 19.0 Å². The Labute approximate surface area is 163 Å². The Hall–Kier alpha value is -3.80. The van der Waals surface area contributed by atoms with Gasteiger partial charge >= 0.3 is 6.03 Å². The molecule has 0 saturated carbocycles. The summed E-state index contributed by atoms with van der Waals surface area (Å²) >= 11 is 0. The van der Waals surface area contributed by atoms with E-state index in [0.29, 0.717) is 22.8 Å². The quantitative estimate of drug-likeness (QED) is 0.593. The Bertz CT molecular complexity index is 958. The third-order valence-corrected chi connectivity index (χ3v) is 3.93. The van der Waals surface area contributed by atoms with Crippen molar-refractivity contribution in [3.05, 3.63) is 84.4 Å². The summed E-state index contributed by atoms with van der Waals surface area (Å²) < 4.78 is 5.17. The van der Waals surface area contributed by atoms with Gasteiger partial charge in [-0.1, -0.05) is 36.4 Å². The predicted octanol–water partition coefficient (Wildman–Crippen LogP) is 4.52. The fourth-order valence-electron chi connectivity index (χ4n) is 2.66. The van der Waals surface area contributed by atoms with E-state index in [-0.39, 0.29) is 18.4 Å². The number of ether oxygens (including phenoxy) is 1. The van der Waals surface area contributed by atoms with Crippen LogP contribution in [-0.2, 0) is 11.2 Å². The van der Waals surface area contributed by atoms with E-state index in [2.05, 4.69) is 16.0 Å². The smallest absolute Gasteiger partial charge is 0.323 e. The molecule has 3 amide bonds. The zero-order valence-corrected chi connectivity index (χ0v) is 15.4. The van der Waals surface area contributed by atoms with Gasteiger partial charge in [0.2, 0.25) is 5.91 Å². The Kier molecular flexibility index (Phi) is 6.25. The summed E-state index contributed by atoms with van der Waals surface area (Å²) in [7, 11) is 1.59. The first-order chi connectivity index (χ1) is 13.6. The molecule has 3 N–H and O–H groups in total. The molecule has 3 aromatic rings. The second kappa shape index (κ2) is 9.23. The zero-order chi connectivity index (χ0) is 19.8. The van der Waals surface area contributed by atoms with Crippen LogP contribution in [0.15, 0.2) is 78.9 Å². The van der Waals surface area contributed by atoms with Crippen molar-refractivity contribution in [2.24, 2.45) is 0 Å². The third kappa shape index (κ3) is 5.60. The molecule has 6 heteroatoms. The molecule has 142 valence electrons. The molecular formula is C22H21N3O3. The Morgan fingerprint density at radius 1 is 0.750 bits per heavy atom. The molecule has 0 aliphatic carbocycles. The van der Waals surface area contributed by atoms with Crippen molar-refractivity contribution in [2.75, 3.05) is 23.1 Å². The van der Waals surface area contributed by atoms with Gasteiger partial charge in [-0.3, -0.25) is 4.79 Å². The Morgan fingerprint density at radius 3 is 2.14 bits per heavy atom. The molecule has 0 aliphatic rings. The molecular weight excluding hydrogens is 354 g/mol. The van der Waals surface area contributed by atoms with E-state index in [1.165, 1.54) is 0 Å². The maximum atomic E-state index is 12.3. The largest absolute Gasteiger partial charge is 0.497 e. The van der Waals surface area contributed by atoms with Crippen molar-refractivity contribution in [3.8, 4) is 5.75 Å². The summed E-state index contributed by atoms with van der Waals surface area (Å²) in [6.45, 7) is 0. The molecule has 0 bridgehead atoms. The number of methoxy groups -OCH3 is 1. The van der Waals surface area contributed by atoms with Gasteiger partial charge in [-0.05, 0) is 48.0 Å². The maximum absolute atomic E-state index is 12.3. The number of carbonyl (C=O) groups excluding carboxylic acids is 2. The average Bonchev–Trinajstić information content (AvgIpc) is 2.69. The summed E-state index contributed by atoms with van der Waals surface area (Å²) in [5.74, 6) is 0.556. The standard InChI is InChI=1S/C22H21N3O3/c1-28-20-12-5-7-16(13-20)14-21(26)23-18-10-6-11-19(15-18)25-22(27)24-17-8-3-2-4-9-17/h2-13,15H,14H2,1H3,(H,23,26)(H2,24,25,27). The molecule has 0 heterocycles. The van der Waals surface area contributed by atoms with Crippen LogP contribution in [0.2, 0.25) is 0 Å². The molecule has 0 radical (unpaired) electrons. The summed E-state index contributed by atoms with van der Waals surface area (Å²) in [4.78, 5) is 24.4. The summed E-state index contributed by atoms with van der Waals surface area (Å²) in [5.41, 5.74) is 2.73. The van der Waals surface area contributed by atoms with Crippen molar-refractivity contribution in [1.82, 2.24) is 0 Å². The van der Waals surface area contributed by atoms with E-state index in [0.717, 1.165) is 5.56 Å². The molecule has 6 nitrogen and oxygen atoms in total. The van der Waals surface area contributed by atoms with Crippen LogP contribution in [0.4, 0.5) is 21.9 Å². The van der Waals surface area contributed by atoms with Gasteiger partial charge in [-0.15, -0.1) is 0 Å². The molecule has 28 heavy (non-hydrogen) atoms. The Morgan fingerprint density at radius 2 is 1.39 bits per heavy atom. The highest BCUT2D eigenvalue weighted by molar-refractivity contribution is 6.00. The van der Waals surface area contributed by atoms with Gasteiger partial charge in [0.25, 0.3) is 0 Å². The van der Waals surface area contributed by atoms with Crippen molar-refractivity contribution in [2.45, 2.75) is 6.42 Å². The lowest BCUT2D eigenvalue weighted by Crippen LogP contribution is -2.19. The monoisotopic (exact) mass is 375 g/mol. The van der Waals surface area contributed by atoms with Crippen LogP contribution in [0.25, 0.3) is 0 Å². The first-order valence-corrected chi connectivity index (χ1v) is 8.78. The zero-order valence-electron chi connectivity index (χ0n) is 15.4. The topological polar surface area (TPSA) is 79.5 Å². The lowest BCUT2D eigenvalue weighted by Gasteiger charge is -2.10. The molecule has 0 aromatic heterocycles. The summed E-state index contributed by atoms with van der Waals surface area (Å²) in [5, 5.41) is 8.34. The van der Waals surface area contributed by atoms with Gasteiger partial charge in [0.15, 0.2) is 0 Å². The number of benzene rings is 3. The highest BCUT2D eigenvalue weighted by atomic mass is 16.5. The van der Waals surface area contributed by atoms with Crippen molar-refractivity contribution in [1.29, 1.82) is 0 Å². The van der Waals surface area contributed by atoms with Crippen molar-refractivity contribution >= 4 is 29.0 Å². The lowest BCUT2D eigenvalue weighted by atomic mass is 10.1. The molecule has 0 fully saturated rings. The second-order valence-corrected chi connectivity index (χ2v) is 6.10. The fraction of sp³-hybridized carbons (Fsp3) is 0.0909. The van der Waals surface area contributed by atoms with E-state index >= 15 is 0 Å². The van der Waals surface area contributed by atoms with Crippen LogP contribution in [0, 0.1) is 0 Å². The van der Waals surface area contributed by atoms with E-state index in [9.17, 15) is 9.59 Å². The molecule has 3 rings (SSSR count). The molecule has 0 atom stereocenters. The molecule has 3 aromatic carbocycles. The number of hydrogen-bond acceptors (Lipinski definition) is 3. The molecule has 0 unspecified atom stereocenters. The maximum Gasteiger partial charge on any atom is 0.323 e. The number of anilines is 3. The van der Waals surface area contributed by atoms with Gasteiger partial charge in [0.1, 0.15) is 5.75 Å². The lowest BCUT2D eigenvalue weighted by molar-refractivity contribution is -0.115. The Balaban J connectivity index is 1.58. The number of urea groups is 1. The number of rotatable bonds is 6. The van der Waals surface area contributed by atoms with Crippen molar-refractivity contribution < 1.29 is 14.3 Å². The van der Waals surface area contributed by atoms with E-state index < -0.39 is 0 Å². The predicted molar refractivity (Wildman–Crippen MR) is 111 cm³/mol. The minimum Gasteiger partial charge on any atom is -0.497 e. The molecule has 0 aliphatic heterocycles. The van der Waals surface area contributed by atoms with Crippen molar-refractivity contribution in [3.63, 3.8) is 0 Å². The SMILES string of the molecule is COc1cccc(CC(=O)Nc2cccc(NC(=O)Nc3ccccc3)c2)c1. The normalized spacial score (nSPS) is 10.0. The van der Waals surface area contributed by atoms with Gasteiger partial charge in [-0.25, -0.2) is 4.79 Å². The minimum atomic E-state index is -0.356. The minimum absolute atomic E-state index is 0.154. The van der Waals surface area contributed by atoms with Crippen LogP contribution in [0.1, 0.15) is 5.56 Å². The van der Waals surface area contributed by atoms with Crippen LogP contribution in [0.5, 0.6) is 5.75 Å². The number of nitrogens with one attached hydrogen (secondary N) is 3. The first kappa shape index (κ1) is 19.0. The highest BCUT2D eigenvalue weighted by Gasteiger charge is 2.07. The van der Waals surface area contributed by atoms with Gasteiger partial charge in [0, 0.05) is 17.1 Å². The highest BCUT2D eigenvalue weighted by Crippen LogP contribution is 2.17. The van der Waals surface area contributed by atoms with E-state index in [4.69, 9.17) is 4.74 Å². The van der Waals surface area contributed by atoms with Crippen LogP contribution in [0.3, 0.4) is 0 Å². The number of hydrogen-bond donors (Lipinski definition) is 3. The number of amides is 3. The fourth-order valence-corrected chi connectivity index (χ4v) is 2.66. The van der Waals surface area contributed by atoms with E-state index in [1.807, 2.05) is 42.5 Å². The van der Waals surface area contributed by atoms with Gasteiger partial charge < -0.3 is 20.7 Å². The molecule has 0 spiro atoms.